The molecule has 1 unspecified atom stereocenters. The Morgan fingerprint density at radius 3 is 2.47 bits per heavy atom. The number of carbonyl (C=O) groups is 1. The van der Waals surface area contributed by atoms with Gasteiger partial charge in [-0.2, -0.15) is 8.42 Å². The highest BCUT2D eigenvalue weighted by molar-refractivity contribution is 7.87. The number of esters is 1. The molecule has 0 fully saturated rings. The third-order valence-corrected chi connectivity index (χ3v) is 6.29. The van der Waals surface area contributed by atoms with Crippen LogP contribution in [-0.2, 0) is 26.0 Å². The van der Waals surface area contributed by atoms with Crippen LogP contribution in [-0.4, -0.2) is 40.1 Å². The van der Waals surface area contributed by atoms with Crippen molar-refractivity contribution in [3.8, 4) is 11.5 Å². The number of allylic oxidation sites excluding steroid dienone is 1. The molecule has 0 bridgehead atoms. The average Bonchev–Trinajstić information content (AvgIpc) is 2.85. The van der Waals surface area contributed by atoms with Crippen LogP contribution in [0.2, 0.25) is 0 Å². The van der Waals surface area contributed by atoms with Gasteiger partial charge in [-0.25, -0.2) is 4.79 Å². The highest BCUT2D eigenvalue weighted by Gasteiger charge is 2.16. The van der Waals surface area contributed by atoms with Crippen molar-refractivity contribution in [3.63, 3.8) is 0 Å². The largest absolute Gasteiger partial charge is 0.493 e. The summed E-state index contributed by atoms with van der Waals surface area (Å²) < 4.78 is 45.5. The van der Waals surface area contributed by atoms with Crippen LogP contribution in [0.5, 0.6) is 11.5 Å². The molecular weight excluding hydrogens is 456 g/mol. The Bertz CT molecular complexity index is 1020. The molecule has 0 aliphatic rings. The van der Waals surface area contributed by atoms with Crippen LogP contribution >= 0.6 is 0 Å². The van der Waals surface area contributed by atoms with E-state index >= 15 is 0 Å². The summed E-state index contributed by atoms with van der Waals surface area (Å²) in [5, 5.41) is 0. The van der Waals surface area contributed by atoms with Gasteiger partial charge in [0.2, 0.25) is 0 Å². The quantitative estimate of drug-likeness (QED) is 0.145. The summed E-state index contributed by atoms with van der Waals surface area (Å²) in [6.07, 6.45) is 7.36. The van der Waals surface area contributed by atoms with E-state index < -0.39 is 16.1 Å². The molecule has 2 aromatic carbocycles. The number of methoxy groups -OCH3 is 1. The zero-order chi connectivity index (χ0) is 24.8. The maximum atomic E-state index is 12.1. The highest BCUT2D eigenvalue weighted by Crippen LogP contribution is 2.30. The molecule has 0 aliphatic carbocycles. The summed E-state index contributed by atoms with van der Waals surface area (Å²) in [6, 6.07) is 14.0. The highest BCUT2D eigenvalue weighted by atomic mass is 32.2. The lowest BCUT2D eigenvalue weighted by atomic mass is 10.1. The Balaban J connectivity index is 1.82. The van der Waals surface area contributed by atoms with Crippen molar-refractivity contribution >= 4 is 16.1 Å². The minimum Gasteiger partial charge on any atom is -0.493 e. The summed E-state index contributed by atoms with van der Waals surface area (Å²) in [6.45, 7) is 3.84. The molecule has 2 aromatic rings. The van der Waals surface area contributed by atoms with Crippen LogP contribution in [0.4, 0.5) is 0 Å². The number of carbonyl (C=O) groups excluding carboxylic acids is 1. The minimum atomic E-state index is -3.64. The van der Waals surface area contributed by atoms with Gasteiger partial charge in [0.25, 0.3) is 0 Å². The van der Waals surface area contributed by atoms with Gasteiger partial charge in [-0.3, -0.25) is 0 Å². The molecular formula is C26H34O7S. The fourth-order valence-electron chi connectivity index (χ4n) is 3.07. The molecule has 7 nitrogen and oxygen atoms in total. The van der Waals surface area contributed by atoms with Gasteiger partial charge in [0.15, 0.2) is 18.3 Å². The molecule has 0 radical (unpaired) electrons. The van der Waals surface area contributed by atoms with Gasteiger partial charge in [-0.1, -0.05) is 56.7 Å². The van der Waals surface area contributed by atoms with E-state index in [0.29, 0.717) is 30.6 Å². The third-order valence-electron chi connectivity index (χ3n) is 5.07. The fourth-order valence-corrected chi connectivity index (χ4v) is 4.21. The Hall–Kier alpha value is -2.84. The minimum absolute atomic E-state index is 0.0245. The normalized spacial score (nSPS) is 12.4. The van der Waals surface area contributed by atoms with Gasteiger partial charge in [-0.15, -0.1) is 0 Å². The Kier molecular flexibility index (Phi) is 11.6. The summed E-state index contributed by atoms with van der Waals surface area (Å²) >= 11 is 0. The lowest BCUT2D eigenvalue weighted by Gasteiger charge is -2.14. The molecule has 0 amide bonds. The van der Waals surface area contributed by atoms with Gasteiger partial charge in [0.05, 0.1) is 24.5 Å². The topological polar surface area (TPSA) is 88.1 Å². The van der Waals surface area contributed by atoms with Gasteiger partial charge in [0.1, 0.15) is 0 Å². The van der Waals surface area contributed by atoms with Crippen LogP contribution in [0.25, 0.3) is 0 Å². The van der Waals surface area contributed by atoms with Crippen molar-refractivity contribution in [2.45, 2.75) is 52.1 Å². The van der Waals surface area contributed by atoms with Crippen molar-refractivity contribution in [2.75, 3.05) is 19.7 Å². The van der Waals surface area contributed by atoms with E-state index in [4.69, 9.17) is 18.4 Å². The number of hydrogen-bond donors (Lipinski definition) is 0. The number of benzene rings is 2. The number of unbranched alkanes of at least 4 members (excludes halogenated alkanes) is 1. The predicted molar refractivity (Wildman–Crippen MR) is 132 cm³/mol. The van der Waals surface area contributed by atoms with Crippen molar-refractivity contribution in [1.82, 2.24) is 0 Å². The second-order valence-corrected chi connectivity index (χ2v) is 9.40. The monoisotopic (exact) mass is 490 g/mol. The maximum absolute atomic E-state index is 12.1. The maximum Gasteiger partial charge on any atom is 0.340 e. The second kappa shape index (κ2) is 14.4. The Morgan fingerprint density at radius 1 is 1.03 bits per heavy atom. The molecule has 1 atom stereocenters. The van der Waals surface area contributed by atoms with Crippen molar-refractivity contribution in [2.24, 2.45) is 0 Å². The smallest absolute Gasteiger partial charge is 0.340 e. The first-order valence-corrected chi connectivity index (χ1v) is 13.0. The second-order valence-electron chi connectivity index (χ2n) is 7.71. The van der Waals surface area contributed by atoms with E-state index in [1.54, 1.807) is 36.4 Å². The standard InChI is InChI=1S/C26H34O7S/c1-4-6-18-34(28,29)33-24-17-16-21(19-25(24)30-3)12-10-11-15-23(5-2)31-20-32-26(27)22-13-8-7-9-14-22/h7-11,13-14,16-17,19,23H,4-6,12,15,18,20H2,1-3H3. The molecule has 0 spiro atoms. The SMILES string of the molecule is CCCCS(=O)(=O)Oc1ccc(CC=CCC(CC)OCOC(=O)c2ccccc2)cc1OC. The first kappa shape index (κ1) is 27.4. The number of hydrogen-bond acceptors (Lipinski definition) is 7. The first-order chi connectivity index (χ1) is 16.4. The van der Waals surface area contributed by atoms with Crippen molar-refractivity contribution in [1.29, 1.82) is 0 Å². The van der Waals surface area contributed by atoms with Crippen molar-refractivity contribution in [3.05, 3.63) is 71.8 Å². The van der Waals surface area contributed by atoms with E-state index in [2.05, 4.69) is 0 Å². The Labute approximate surface area is 202 Å². The molecule has 2 rings (SSSR count). The van der Waals surface area contributed by atoms with E-state index in [-0.39, 0.29) is 24.4 Å². The van der Waals surface area contributed by atoms with E-state index in [1.807, 2.05) is 38.1 Å². The number of ether oxygens (including phenoxy) is 3. The molecule has 0 aliphatic heterocycles. The van der Waals surface area contributed by atoms with Crippen LogP contribution in [0, 0.1) is 0 Å². The van der Waals surface area contributed by atoms with Crippen LogP contribution in [0.3, 0.4) is 0 Å². The molecule has 34 heavy (non-hydrogen) atoms. The third kappa shape index (κ3) is 9.57. The van der Waals surface area contributed by atoms with Gasteiger partial charge in [0, 0.05) is 0 Å². The van der Waals surface area contributed by atoms with Gasteiger partial charge < -0.3 is 18.4 Å². The van der Waals surface area contributed by atoms with Crippen LogP contribution < -0.4 is 8.92 Å². The summed E-state index contributed by atoms with van der Waals surface area (Å²) in [5.74, 6) is 0.130. The van der Waals surface area contributed by atoms with E-state index in [9.17, 15) is 13.2 Å². The van der Waals surface area contributed by atoms with Crippen molar-refractivity contribution < 1.29 is 31.6 Å². The lowest BCUT2D eigenvalue weighted by Crippen LogP contribution is -2.16. The molecule has 0 saturated heterocycles. The van der Waals surface area contributed by atoms with Gasteiger partial charge >= 0.3 is 16.1 Å². The predicted octanol–water partition coefficient (Wildman–Crippen LogP) is 5.30. The molecule has 0 saturated carbocycles. The molecule has 186 valence electrons. The van der Waals surface area contributed by atoms with Crippen LogP contribution in [0.1, 0.15) is 55.5 Å². The van der Waals surface area contributed by atoms with E-state index in [1.165, 1.54) is 7.11 Å². The summed E-state index contributed by atoms with van der Waals surface area (Å²) in [5.41, 5.74) is 1.45. The van der Waals surface area contributed by atoms with Gasteiger partial charge in [-0.05, 0) is 55.5 Å². The average molecular weight is 491 g/mol. The zero-order valence-electron chi connectivity index (χ0n) is 20.1. The molecule has 0 aromatic heterocycles. The Morgan fingerprint density at radius 2 is 1.79 bits per heavy atom. The lowest BCUT2D eigenvalue weighted by molar-refractivity contribution is -0.0651. The number of rotatable bonds is 15. The molecule has 0 heterocycles. The fraction of sp³-hybridized carbons (Fsp3) is 0.423. The van der Waals surface area contributed by atoms with E-state index in [0.717, 1.165) is 18.4 Å². The van der Waals surface area contributed by atoms with Crippen LogP contribution in [0.15, 0.2) is 60.7 Å². The molecule has 0 N–H and O–H groups in total. The zero-order valence-corrected chi connectivity index (χ0v) is 20.9. The summed E-state index contributed by atoms with van der Waals surface area (Å²) in [4.78, 5) is 12.0. The summed E-state index contributed by atoms with van der Waals surface area (Å²) in [7, 11) is -2.16. The first-order valence-electron chi connectivity index (χ1n) is 11.5. The molecule has 8 heteroatoms.